The molecule has 0 fully saturated rings. The summed E-state index contributed by atoms with van der Waals surface area (Å²) in [4.78, 5) is 55.6. The fourth-order valence-corrected chi connectivity index (χ4v) is 5.04. The Kier molecular flexibility index (Phi) is 10.1. The van der Waals surface area contributed by atoms with Gasteiger partial charge in [0, 0.05) is 37.5 Å². The number of nitrogens with zero attached hydrogens (tertiary/aromatic N) is 2. The van der Waals surface area contributed by atoms with Crippen molar-refractivity contribution in [2.24, 2.45) is 0 Å². The lowest BCUT2D eigenvalue weighted by molar-refractivity contribution is -0.141. The van der Waals surface area contributed by atoms with Gasteiger partial charge in [0.25, 0.3) is 11.8 Å². The summed E-state index contributed by atoms with van der Waals surface area (Å²) in [6, 6.07) is 22.8. The van der Waals surface area contributed by atoms with Gasteiger partial charge < -0.3 is 10.2 Å². The second-order valence-corrected chi connectivity index (χ2v) is 10.3. The fourth-order valence-electron chi connectivity index (χ4n) is 4.84. The first kappa shape index (κ1) is 29.0. The predicted molar refractivity (Wildman–Crippen MR) is 155 cm³/mol. The van der Waals surface area contributed by atoms with Crippen LogP contribution < -0.4 is 5.32 Å². The van der Waals surface area contributed by atoms with Gasteiger partial charge in [-0.05, 0) is 42.2 Å². The van der Waals surface area contributed by atoms with E-state index < -0.39 is 6.04 Å². The number of unbranched alkanes of at least 4 members (excludes halogenated alkanes) is 1. The van der Waals surface area contributed by atoms with Crippen LogP contribution in [-0.2, 0) is 22.6 Å². The highest BCUT2D eigenvalue weighted by molar-refractivity contribution is 6.31. The molecule has 40 heavy (non-hydrogen) atoms. The molecule has 1 aliphatic heterocycles. The van der Waals surface area contributed by atoms with Crippen LogP contribution in [0.15, 0.2) is 78.9 Å². The Balaban J connectivity index is 1.54. The number of carbonyl (C=O) groups excluding carboxylic acids is 4. The maximum absolute atomic E-state index is 13.8. The third-order valence-corrected chi connectivity index (χ3v) is 7.42. The monoisotopic (exact) mass is 559 g/mol. The molecule has 1 heterocycles. The first-order valence-corrected chi connectivity index (χ1v) is 14.1. The molecule has 0 saturated carbocycles. The number of fused-ring (bicyclic) bond motifs is 1. The lowest BCUT2D eigenvalue weighted by Crippen LogP contribution is -2.50. The predicted octanol–water partition coefficient (Wildman–Crippen LogP) is 5.27. The van der Waals surface area contributed by atoms with Crippen molar-refractivity contribution >= 4 is 35.2 Å². The van der Waals surface area contributed by atoms with Crippen LogP contribution in [0.1, 0.15) is 64.4 Å². The number of benzene rings is 3. The van der Waals surface area contributed by atoms with E-state index in [1.807, 2.05) is 48.5 Å². The summed E-state index contributed by atoms with van der Waals surface area (Å²) in [6.07, 6.45) is 2.45. The van der Waals surface area contributed by atoms with Crippen LogP contribution in [0.5, 0.6) is 0 Å². The average molecular weight is 560 g/mol. The van der Waals surface area contributed by atoms with E-state index in [1.165, 1.54) is 4.90 Å². The number of imide groups is 1. The molecule has 0 bridgehead atoms. The number of halogens is 1. The average Bonchev–Trinajstić information content (AvgIpc) is 3.21. The van der Waals surface area contributed by atoms with Crippen LogP contribution >= 0.6 is 11.6 Å². The first-order valence-electron chi connectivity index (χ1n) is 13.7. The molecule has 208 valence electrons. The summed E-state index contributed by atoms with van der Waals surface area (Å²) in [5.74, 6) is -1.17. The van der Waals surface area contributed by atoms with Crippen LogP contribution in [-0.4, -0.2) is 52.6 Å². The number of amides is 4. The van der Waals surface area contributed by atoms with Gasteiger partial charge in [0.05, 0.1) is 11.1 Å². The number of carbonyl (C=O) groups is 4. The van der Waals surface area contributed by atoms with Crippen molar-refractivity contribution in [1.82, 2.24) is 15.1 Å². The molecule has 0 aliphatic carbocycles. The Hall–Kier alpha value is -3.97. The minimum atomic E-state index is -0.762. The van der Waals surface area contributed by atoms with Crippen molar-refractivity contribution in [2.75, 3.05) is 13.1 Å². The lowest BCUT2D eigenvalue weighted by Gasteiger charge is -2.32. The van der Waals surface area contributed by atoms with Crippen molar-refractivity contribution < 1.29 is 19.2 Å². The molecule has 1 atom stereocenters. The highest BCUT2D eigenvalue weighted by Gasteiger charge is 2.35. The topological polar surface area (TPSA) is 86.8 Å². The van der Waals surface area contributed by atoms with Gasteiger partial charge in [-0.25, -0.2) is 0 Å². The van der Waals surface area contributed by atoms with Crippen LogP contribution in [0, 0.1) is 0 Å². The molecule has 0 spiro atoms. The van der Waals surface area contributed by atoms with E-state index in [-0.39, 0.29) is 49.6 Å². The SMILES string of the molecule is CCCCNC(=O)[C@H](Cc1ccccc1)N(Cc1ccccc1Cl)C(=O)CCCN1C(=O)c2ccccc2C1=O. The summed E-state index contributed by atoms with van der Waals surface area (Å²) >= 11 is 6.47. The first-order chi connectivity index (χ1) is 19.4. The van der Waals surface area contributed by atoms with Crippen LogP contribution in [0.25, 0.3) is 0 Å². The Morgan fingerprint density at radius 3 is 2.15 bits per heavy atom. The summed E-state index contributed by atoms with van der Waals surface area (Å²) in [7, 11) is 0. The highest BCUT2D eigenvalue weighted by Crippen LogP contribution is 2.24. The van der Waals surface area contributed by atoms with E-state index in [0.29, 0.717) is 29.1 Å². The minimum Gasteiger partial charge on any atom is -0.354 e. The molecule has 0 radical (unpaired) electrons. The quantitative estimate of drug-likeness (QED) is 0.228. The molecule has 8 heteroatoms. The molecule has 1 aliphatic rings. The molecule has 4 rings (SSSR count). The normalized spacial score (nSPS) is 13.2. The molecule has 7 nitrogen and oxygen atoms in total. The Bertz CT molecular complexity index is 1330. The molecule has 1 N–H and O–H groups in total. The highest BCUT2D eigenvalue weighted by atomic mass is 35.5. The molecule has 0 unspecified atom stereocenters. The zero-order chi connectivity index (χ0) is 28.5. The van der Waals surface area contributed by atoms with Crippen molar-refractivity contribution in [3.05, 3.63) is 106 Å². The second kappa shape index (κ2) is 13.9. The summed E-state index contributed by atoms with van der Waals surface area (Å²) in [6.45, 7) is 2.85. The Labute approximate surface area is 240 Å². The Morgan fingerprint density at radius 2 is 1.50 bits per heavy atom. The minimum absolute atomic E-state index is 0.0609. The largest absolute Gasteiger partial charge is 0.354 e. The maximum Gasteiger partial charge on any atom is 0.261 e. The van der Waals surface area contributed by atoms with E-state index >= 15 is 0 Å². The third kappa shape index (κ3) is 6.96. The van der Waals surface area contributed by atoms with Gasteiger partial charge in [-0.15, -0.1) is 0 Å². The standard InChI is InChI=1S/C32H34ClN3O4/c1-2-3-19-34-30(38)28(21-23-12-5-4-6-13-23)36(22-24-14-7-10-17-27(24)33)29(37)18-11-20-35-31(39)25-15-8-9-16-26(25)32(35)40/h4-10,12-17,28H,2-3,11,18-22H2,1H3,(H,34,38)/t28-/m0/s1. The fraction of sp³-hybridized carbons (Fsp3) is 0.312. The van der Waals surface area contributed by atoms with E-state index in [4.69, 9.17) is 11.6 Å². The van der Waals surface area contributed by atoms with Crippen molar-refractivity contribution in [3.8, 4) is 0 Å². The van der Waals surface area contributed by atoms with Gasteiger partial charge in [0.1, 0.15) is 6.04 Å². The molecule has 3 aromatic rings. The number of hydrogen-bond acceptors (Lipinski definition) is 4. The van der Waals surface area contributed by atoms with Crippen molar-refractivity contribution in [1.29, 1.82) is 0 Å². The van der Waals surface area contributed by atoms with E-state index in [9.17, 15) is 19.2 Å². The zero-order valence-electron chi connectivity index (χ0n) is 22.6. The van der Waals surface area contributed by atoms with Gasteiger partial charge in [0.2, 0.25) is 11.8 Å². The van der Waals surface area contributed by atoms with Crippen molar-refractivity contribution in [3.63, 3.8) is 0 Å². The summed E-state index contributed by atoms with van der Waals surface area (Å²) < 4.78 is 0. The molecular formula is C32H34ClN3O4. The molecule has 4 amide bonds. The lowest BCUT2D eigenvalue weighted by atomic mass is 10.0. The smallest absolute Gasteiger partial charge is 0.261 e. The van der Waals surface area contributed by atoms with Crippen molar-refractivity contribution in [2.45, 2.75) is 51.6 Å². The molecular weight excluding hydrogens is 526 g/mol. The summed E-state index contributed by atoms with van der Waals surface area (Å²) in [5, 5.41) is 3.51. The van der Waals surface area contributed by atoms with E-state index in [2.05, 4.69) is 12.2 Å². The molecule has 0 saturated heterocycles. The van der Waals surface area contributed by atoms with Gasteiger partial charge in [-0.1, -0.05) is 85.6 Å². The Morgan fingerprint density at radius 1 is 0.875 bits per heavy atom. The van der Waals surface area contributed by atoms with E-state index in [1.54, 1.807) is 35.2 Å². The second-order valence-electron chi connectivity index (χ2n) is 9.87. The maximum atomic E-state index is 13.8. The van der Waals surface area contributed by atoms with Gasteiger partial charge in [0.15, 0.2) is 0 Å². The van der Waals surface area contributed by atoms with Crippen LogP contribution in [0.4, 0.5) is 0 Å². The number of hydrogen-bond donors (Lipinski definition) is 1. The summed E-state index contributed by atoms with van der Waals surface area (Å²) in [5.41, 5.74) is 2.43. The van der Waals surface area contributed by atoms with Crippen LogP contribution in [0.3, 0.4) is 0 Å². The molecule has 3 aromatic carbocycles. The van der Waals surface area contributed by atoms with Gasteiger partial charge in [-0.3, -0.25) is 24.1 Å². The van der Waals surface area contributed by atoms with Gasteiger partial charge in [-0.2, -0.15) is 0 Å². The number of nitrogens with one attached hydrogen (secondary N) is 1. The zero-order valence-corrected chi connectivity index (χ0v) is 23.4. The number of rotatable bonds is 13. The third-order valence-electron chi connectivity index (χ3n) is 7.05. The van der Waals surface area contributed by atoms with Crippen LogP contribution in [0.2, 0.25) is 5.02 Å². The van der Waals surface area contributed by atoms with Gasteiger partial charge >= 0.3 is 0 Å². The molecule has 0 aromatic heterocycles. The van der Waals surface area contributed by atoms with E-state index in [0.717, 1.165) is 24.0 Å².